The Labute approximate surface area is 114 Å². The Morgan fingerprint density at radius 2 is 1.74 bits per heavy atom. The van der Waals surface area contributed by atoms with Gasteiger partial charge < -0.3 is 20.9 Å². The molecule has 2 saturated heterocycles. The van der Waals surface area contributed by atoms with Crippen LogP contribution in [-0.2, 0) is 9.59 Å². The molecular formula is C13H24N4O2. The van der Waals surface area contributed by atoms with Gasteiger partial charge in [-0.25, -0.2) is 0 Å². The van der Waals surface area contributed by atoms with Crippen LogP contribution in [0.15, 0.2) is 0 Å². The number of amides is 2. The molecule has 0 radical (unpaired) electrons. The van der Waals surface area contributed by atoms with E-state index in [-0.39, 0.29) is 17.7 Å². The Kier molecular flexibility index (Phi) is 5.15. The first-order valence-electron chi connectivity index (χ1n) is 7.17. The summed E-state index contributed by atoms with van der Waals surface area (Å²) in [7, 11) is 0. The quantitative estimate of drug-likeness (QED) is 0.686. The van der Waals surface area contributed by atoms with Gasteiger partial charge in [-0.3, -0.25) is 9.59 Å². The van der Waals surface area contributed by atoms with Crippen LogP contribution in [0.5, 0.6) is 0 Å². The van der Waals surface area contributed by atoms with Crippen molar-refractivity contribution in [3.05, 3.63) is 0 Å². The Hall–Kier alpha value is -1.14. The highest BCUT2D eigenvalue weighted by molar-refractivity contribution is 5.77. The molecule has 0 aromatic rings. The highest BCUT2D eigenvalue weighted by Gasteiger charge is 2.24. The van der Waals surface area contributed by atoms with Crippen molar-refractivity contribution in [2.24, 2.45) is 11.7 Å². The predicted molar refractivity (Wildman–Crippen MR) is 72.4 cm³/mol. The normalized spacial score (nSPS) is 22.4. The number of likely N-dealkylation sites (tertiary alicyclic amines) is 1. The zero-order valence-corrected chi connectivity index (χ0v) is 11.4. The molecule has 6 nitrogen and oxygen atoms in total. The Balaban J connectivity index is 1.66. The van der Waals surface area contributed by atoms with Crippen molar-refractivity contribution in [1.29, 1.82) is 0 Å². The smallest absolute Gasteiger partial charge is 0.223 e. The molecule has 2 aliphatic heterocycles. The Morgan fingerprint density at radius 3 is 2.32 bits per heavy atom. The lowest BCUT2D eigenvalue weighted by molar-refractivity contribution is -0.132. The number of primary amides is 1. The van der Waals surface area contributed by atoms with Gasteiger partial charge in [0, 0.05) is 45.1 Å². The van der Waals surface area contributed by atoms with Gasteiger partial charge in [-0.1, -0.05) is 0 Å². The molecule has 108 valence electrons. The van der Waals surface area contributed by atoms with E-state index in [0.29, 0.717) is 6.42 Å². The highest BCUT2D eigenvalue weighted by atomic mass is 16.2. The molecule has 0 unspecified atom stereocenters. The molecule has 0 aromatic carbocycles. The van der Waals surface area contributed by atoms with E-state index in [0.717, 1.165) is 58.7 Å². The summed E-state index contributed by atoms with van der Waals surface area (Å²) in [6, 6.07) is 0. The van der Waals surface area contributed by atoms with Gasteiger partial charge >= 0.3 is 0 Å². The van der Waals surface area contributed by atoms with Crippen molar-refractivity contribution in [1.82, 2.24) is 15.1 Å². The van der Waals surface area contributed by atoms with Crippen molar-refractivity contribution >= 4 is 11.8 Å². The number of rotatable bonds is 4. The molecule has 2 fully saturated rings. The van der Waals surface area contributed by atoms with Crippen molar-refractivity contribution in [3.63, 3.8) is 0 Å². The number of piperidine rings is 1. The fourth-order valence-electron chi connectivity index (χ4n) is 2.77. The van der Waals surface area contributed by atoms with E-state index in [4.69, 9.17) is 5.73 Å². The summed E-state index contributed by atoms with van der Waals surface area (Å²) in [6.45, 7) is 6.00. The second-order valence-electron chi connectivity index (χ2n) is 5.40. The molecule has 0 atom stereocenters. The molecular weight excluding hydrogens is 244 g/mol. The van der Waals surface area contributed by atoms with Crippen LogP contribution in [0, 0.1) is 5.92 Å². The summed E-state index contributed by atoms with van der Waals surface area (Å²) in [5, 5.41) is 3.24. The van der Waals surface area contributed by atoms with Crippen LogP contribution >= 0.6 is 0 Å². The summed E-state index contributed by atoms with van der Waals surface area (Å²) in [5.74, 6) is 0.0928. The zero-order chi connectivity index (χ0) is 13.7. The van der Waals surface area contributed by atoms with Crippen molar-refractivity contribution < 1.29 is 9.59 Å². The van der Waals surface area contributed by atoms with Crippen LogP contribution in [-0.4, -0.2) is 67.4 Å². The number of nitrogens with two attached hydrogens (primary N) is 1. The second-order valence-corrected chi connectivity index (χ2v) is 5.40. The monoisotopic (exact) mass is 268 g/mol. The summed E-state index contributed by atoms with van der Waals surface area (Å²) >= 11 is 0. The summed E-state index contributed by atoms with van der Waals surface area (Å²) < 4.78 is 0. The van der Waals surface area contributed by atoms with Crippen LogP contribution < -0.4 is 11.1 Å². The van der Waals surface area contributed by atoms with Gasteiger partial charge in [0.05, 0.1) is 0 Å². The first-order valence-corrected chi connectivity index (χ1v) is 7.17. The van der Waals surface area contributed by atoms with Gasteiger partial charge in [0.15, 0.2) is 0 Å². The van der Waals surface area contributed by atoms with Gasteiger partial charge in [-0.15, -0.1) is 0 Å². The summed E-state index contributed by atoms with van der Waals surface area (Å²) in [6.07, 6.45) is 2.25. The van der Waals surface area contributed by atoms with E-state index < -0.39 is 0 Å². The Bertz CT molecular complexity index is 321. The van der Waals surface area contributed by atoms with Crippen molar-refractivity contribution in [2.75, 3.05) is 45.8 Å². The van der Waals surface area contributed by atoms with Crippen LogP contribution in [0.4, 0.5) is 0 Å². The standard InChI is InChI=1S/C13H24N4O2/c14-13(19)11-1-6-16(7-2-11)8-3-12(18)17-9-4-15-5-10-17/h11,15H,1-10H2,(H2,14,19). The van der Waals surface area contributed by atoms with Crippen molar-refractivity contribution in [2.45, 2.75) is 19.3 Å². The van der Waals surface area contributed by atoms with E-state index in [1.54, 1.807) is 0 Å². The van der Waals surface area contributed by atoms with E-state index in [9.17, 15) is 9.59 Å². The van der Waals surface area contributed by atoms with Crippen LogP contribution in [0.25, 0.3) is 0 Å². The lowest BCUT2D eigenvalue weighted by Gasteiger charge is -2.32. The topological polar surface area (TPSA) is 78.7 Å². The number of hydrogen-bond acceptors (Lipinski definition) is 4. The molecule has 0 aliphatic carbocycles. The molecule has 0 saturated carbocycles. The first-order chi connectivity index (χ1) is 9.16. The van der Waals surface area contributed by atoms with E-state index in [2.05, 4.69) is 10.2 Å². The van der Waals surface area contributed by atoms with E-state index >= 15 is 0 Å². The lowest BCUT2D eigenvalue weighted by Crippen LogP contribution is -2.47. The number of piperazine rings is 1. The molecule has 2 aliphatic rings. The number of hydrogen-bond donors (Lipinski definition) is 2. The van der Waals surface area contributed by atoms with Crippen LogP contribution in [0.1, 0.15) is 19.3 Å². The molecule has 6 heteroatoms. The van der Waals surface area contributed by atoms with E-state index in [1.165, 1.54) is 0 Å². The van der Waals surface area contributed by atoms with Gasteiger partial charge in [0.1, 0.15) is 0 Å². The molecule has 19 heavy (non-hydrogen) atoms. The summed E-state index contributed by atoms with van der Waals surface area (Å²) in [4.78, 5) is 27.3. The van der Waals surface area contributed by atoms with E-state index in [1.807, 2.05) is 4.90 Å². The molecule has 0 spiro atoms. The van der Waals surface area contributed by atoms with Crippen molar-refractivity contribution in [3.8, 4) is 0 Å². The third-order valence-corrected chi connectivity index (χ3v) is 4.10. The maximum Gasteiger partial charge on any atom is 0.223 e. The van der Waals surface area contributed by atoms with Gasteiger partial charge in [0.2, 0.25) is 11.8 Å². The largest absolute Gasteiger partial charge is 0.369 e. The molecule has 0 aromatic heterocycles. The van der Waals surface area contributed by atoms with Crippen LogP contribution in [0.2, 0.25) is 0 Å². The second kappa shape index (κ2) is 6.86. The third kappa shape index (κ3) is 4.18. The average molecular weight is 268 g/mol. The predicted octanol–water partition coefficient (Wildman–Crippen LogP) is -0.994. The molecule has 2 amide bonds. The third-order valence-electron chi connectivity index (χ3n) is 4.10. The number of nitrogens with one attached hydrogen (secondary N) is 1. The van der Waals surface area contributed by atoms with Crippen LogP contribution in [0.3, 0.4) is 0 Å². The fraction of sp³-hybridized carbons (Fsp3) is 0.846. The van der Waals surface area contributed by atoms with Gasteiger partial charge in [0.25, 0.3) is 0 Å². The molecule has 2 rings (SSSR count). The Morgan fingerprint density at radius 1 is 1.11 bits per heavy atom. The maximum absolute atomic E-state index is 12.0. The molecule has 0 bridgehead atoms. The number of nitrogens with zero attached hydrogens (tertiary/aromatic N) is 2. The maximum atomic E-state index is 12.0. The number of carbonyl (C=O) groups excluding carboxylic acids is 2. The van der Waals surface area contributed by atoms with Gasteiger partial charge in [-0.05, 0) is 25.9 Å². The summed E-state index contributed by atoms with van der Waals surface area (Å²) in [5.41, 5.74) is 5.31. The minimum atomic E-state index is -0.184. The minimum Gasteiger partial charge on any atom is -0.369 e. The lowest BCUT2D eigenvalue weighted by atomic mass is 9.96. The fourth-order valence-corrected chi connectivity index (χ4v) is 2.77. The molecule has 2 heterocycles. The SMILES string of the molecule is NC(=O)C1CCN(CCC(=O)N2CCNCC2)CC1. The average Bonchev–Trinajstić information content (AvgIpc) is 2.46. The minimum absolute atomic E-state index is 0.0279. The zero-order valence-electron chi connectivity index (χ0n) is 11.4. The highest BCUT2D eigenvalue weighted by Crippen LogP contribution is 2.16. The molecule has 3 N–H and O–H groups in total. The first kappa shape index (κ1) is 14.3. The van der Waals surface area contributed by atoms with Gasteiger partial charge in [-0.2, -0.15) is 0 Å². The number of carbonyl (C=O) groups is 2.